The van der Waals surface area contributed by atoms with Crippen LogP contribution in [0, 0.1) is 0 Å². The van der Waals surface area contributed by atoms with E-state index in [2.05, 4.69) is 22.3 Å². The van der Waals surface area contributed by atoms with Crippen LogP contribution in [0.25, 0.3) is 0 Å². The van der Waals surface area contributed by atoms with Crippen LogP contribution in [0.4, 0.5) is 0 Å². The third-order valence-corrected chi connectivity index (χ3v) is 3.78. The van der Waals surface area contributed by atoms with Crippen LogP contribution in [0.3, 0.4) is 0 Å². The van der Waals surface area contributed by atoms with Crippen LogP contribution < -0.4 is 5.32 Å². The number of nitrogens with one attached hydrogen (secondary N) is 1. The van der Waals surface area contributed by atoms with E-state index in [1.807, 2.05) is 32.3 Å². The highest BCUT2D eigenvalue weighted by molar-refractivity contribution is 5.80. The van der Waals surface area contributed by atoms with E-state index in [9.17, 15) is 4.79 Å². The second-order valence-corrected chi connectivity index (χ2v) is 5.55. The molecule has 4 heteroatoms. The van der Waals surface area contributed by atoms with Gasteiger partial charge in [-0.25, -0.2) is 0 Å². The van der Waals surface area contributed by atoms with E-state index in [0.717, 1.165) is 19.3 Å². The number of hydrogen-bond acceptors (Lipinski definition) is 3. The molecule has 4 nitrogen and oxygen atoms in total. The Bertz CT molecular complexity index is 414. The van der Waals surface area contributed by atoms with Crippen molar-refractivity contribution in [2.24, 2.45) is 0 Å². The Morgan fingerprint density at radius 2 is 2.15 bits per heavy atom. The standard InChI is InChI=1S/C16H24N2O2/c1-18(2)14(11-13-7-4-3-5-8-13)12-17-16(19)15-9-6-10-20-15/h3-5,7-8,14-15H,6,9-12H2,1-2H3,(H,17,19). The van der Waals surface area contributed by atoms with Gasteiger partial charge in [-0.3, -0.25) is 4.79 Å². The van der Waals surface area contributed by atoms with E-state index in [4.69, 9.17) is 4.74 Å². The number of carbonyl (C=O) groups is 1. The van der Waals surface area contributed by atoms with E-state index in [0.29, 0.717) is 19.2 Å². The summed E-state index contributed by atoms with van der Waals surface area (Å²) in [7, 11) is 4.09. The van der Waals surface area contributed by atoms with E-state index in [1.165, 1.54) is 5.56 Å². The van der Waals surface area contributed by atoms with Gasteiger partial charge in [0, 0.05) is 19.2 Å². The zero-order valence-corrected chi connectivity index (χ0v) is 12.3. The molecule has 20 heavy (non-hydrogen) atoms. The van der Waals surface area contributed by atoms with Crippen LogP contribution in [-0.2, 0) is 16.0 Å². The lowest BCUT2D eigenvalue weighted by Crippen LogP contribution is -2.44. The minimum atomic E-state index is -0.241. The van der Waals surface area contributed by atoms with Crippen molar-refractivity contribution < 1.29 is 9.53 Å². The van der Waals surface area contributed by atoms with Gasteiger partial charge in [0.25, 0.3) is 0 Å². The van der Waals surface area contributed by atoms with E-state index in [1.54, 1.807) is 0 Å². The van der Waals surface area contributed by atoms with Crippen molar-refractivity contribution in [3.05, 3.63) is 35.9 Å². The molecule has 1 aliphatic heterocycles. The molecular weight excluding hydrogens is 252 g/mol. The van der Waals surface area contributed by atoms with Crippen LogP contribution in [-0.4, -0.2) is 50.2 Å². The second kappa shape index (κ2) is 7.41. The Morgan fingerprint density at radius 3 is 2.75 bits per heavy atom. The van der Waals surface area contributed by atoms with Gasteiger partial charge in [-0.15, -0.1) is 0 Å². The molecule has 1 aromatic carbocycles. The van der Waals surface area contributed by atoms with E-state index < -0.39 is 0 Å². The molecule has 0 radical (unpaired) electrons. The van der Waals surface area contributed by atoms with Gasteiger partial charge in [0.15, 0.2) is 0 Å². The molecule has 1 amide bonds. The summed E-state index contributed by atoms with van der Waals surface area (Å²) in [6, 6.07) is 10.7. The lowest BCUT2D eigenvalue weighted by atomic mass is 10.1. The zero-order valence-electron chi connectivity index (χ0n) is 12.3. The zero-order chi connectivity index (χ0) is 14.4. The first-order valence-corrected chi connectivity index (χ1v) is 7.26. The van der Waals surface area contributed by atoms with Gasteiger partial charge < -0.3 is 15.0 Å². The fourth-order valence-electron chi connectivity index (χ4n) is 2.44. The minimum absolute atomic E-state index is 0.0300. The summed E-state index contributed by atoms with van der Waals surface area (Å²) in [6.07, 6.45) is 2.52. The summed E-state index contributed by atoms with van der Waals surface area (Å²) in [5.74, 6) is 0.0300. The molecule has 2 unspecified atom stereocenters. The van der Waals surface area contributed by atoms with Crippen molar-refractivity contribution in [3.8, 4) is 0 Å². The molecule has 0 aliphatic carbocycles. The fraction of sp³-hybridized carbons (Fsp3) is 0.562. The highest BCUT2D eigenvalue weighted by Crippen LogP contribution is 2.12. The minimum Gasteiger partial charge on any atom is -0.368 e. The molecule has 0 aromatic heterocycles. The Hall–Kier alpha value is -1.39. The highest BCUT2D eigenvalue weighted by Gasteiger charge is 2.24. The van der Waals surface area contributed by atoms with Gasteiger partial charge in [-0.1, -0.05) is 30.3 Å². The summed E-state index contributed by atoms with van der Waals surface area (Å²) >= 11 is 0. The maximum absolute atomic E-state index is 12.0. The van der Waals surface area contributed by atoms with E-state index >= 15 is 0 Å². The summed E-state index contributed by atoms with van der Waals surface area (Å²) in [6.45, 7) is 1.36. The molecule has 1 fully saturated rings. The first-order chi connectivity index (χ1) is 9.66. The van der Waals surface area contributed by atoms with Crippen molar-refractivity contribution in [2.45, 2.75) is 31.4 Å². The monoisotopic (exact) mass is 276 g/mol. The number of amides is 1. The third-order valence-electron chi connectivity index (χ3n) is 3.78. The number of rotatable bonds is 6. The second-order valence-electron chi connectivity index (χ2n) is 5.55. The van der Waals surface area contributed by atoms with Crippen LogP contribution in [0.1, 0.15) is 18.4 Å². The number of likely N-dealkylation sites (N-methyl/N-ethyl adjacent to an activating group) is 1. The predicted molar refractivity (Wildman–Crippen MR) is 79.6 cm³/mol. The molecule has 0 spiro atoms. The SMILES string of the molecule is CN(C)C(CNC(=O)C1CCCO1)Cc1ccccc1. The maximum Gasteiger partial charge on any atom is 0.249 e. The molecule has 110 valence electrons. The lowest BCUT2D eigenvalue weighted by molar-refractivity contribution is -0.130. The number of hydrogen-bond donors (Lipinski definition) is 1. The van der Waals surface area contributed by atoms with Crippen molar-refractivity contribution in [2.75, 3.05) is 27.2 Å². The molecular formula is C16H24N2O2. The number of carbonyl (C=O) groups excluding carboxylic acids is 1. The Kier molecular flexibility index (Phi) is 5.56. The van der Waals surface area contributed by atoms with Crippen molar-refractivity contribution >= 4 is 5.91 Å². The largest absolute Gasteiger partial charge is 0.368 e. The summed E-state index contributed by atoms with van der Waals surface area (Å²) in [5, 5.41) is 3.02. The molecule has 1 aliphatic rings. The number of ether oxygens (including phenoxy) is 1. The molecule has 1 N–H and O–H groups in total. The molecule has 0 bridgehead atoms. The molecule has 2 atom stereocenters. The number of nitrogens with zero attached hydrogens (tertiary/aromatic N) is 1. The molecule has 1 heterocycles. The summed E-state index contributed by atoms with van der Waals surface area (Å²) < 4.78 is 5.40. The van der Waals surface area contributed by atoms with Crippen LogP contribution >= 0.6 is 0 Å². The van der Waals surface area contributed by atoms with Gasteiger partial charge in [0.2, 0.25) is 5.91 Å². The first kappa shape index (κ1) is 15.0. The Balaban J connectivity index is 1.84. The van der Waals surface area contributed by atoms with Crippen molar-refractivity contribution in [1.29, 1.82) is 0 Å². The maximum atomic E-state index is 12.0. The lowest BCUT2D eigenvalue weighted by Gasteiger charge is -2.25. The van der Waals surface area contributed by atoms with Gasteiger partial charge in [-0.2, -0.15) is 0 Å². The summed E-state index contributed by atoms with van der Waals surface area (Å²) in [4.78, 5) is 14.1. The highest BCUT2D eigenvalue weighted by atomic mass is 16.5. The van der Waals surface area contributed by atoms with Gasteiger partial charge in [0.05, 0.1) is 0 Å². The quantitative estimate of drug-likeness (QED) is 0.855. The van der Waals surface area contributed by atoms with Crippen LogP contribution in [0.2, 0.25) is 0 Å². The molecule has 1 aromatic rings. The van der Waals surface area contributed by atoms with Gasteiger partial charge in [-0.05, 0) is 38.9 Å². The normalized spacial score (nSPS) is 20.1. The van der Waals surface area contributed by atoms with E-state index in [-0.39, 0.29) is 12.0 Å². The average Bonchev–Trinajstić information content (AvgIpc) is 2.98. The topological polar surface area (TPSA) is 41.6 Å². The van der Waals surface area contributed by atoms with Crippen molar-refractivity contribution in [1.82, 2.24) is 10.2 Å². The van der Waals surface area contributed by atoms with Crippen LogP contribution in [0.15, 0.2) is 30.3 Å². The Morgan fingerprint density at radius 1 is 1.40 bits per heavy atom. The molecule has 1 saturated heterocycles. The van der Waals surface area contributed by atoms with Crippen LogP contribution in [0.5, 0.6) is 0 Å². The smallest absolute Gasteiger partial charge is 0.249 e. The Labute approximate surface area is 121 Å². The van der Waals surface area contributed by atoms with Gasteiger partial charge >= 0.3 is 0 Å². The number of benzene rings is 1. The fourth-order valence-corrected chi connectivity index (χ4v) is 2.44. The average molecular weight is 276 g/mol. The molecule has 0 saturated carbocycles. The first-order valence-electron chi connectivity index (χ1n) is 7.26. The third kappa shape index (κ3) is 4.32. The predicted octanol–water partition coefficient (Wildman–Crippen LogP) is 1.45. The van der Waals surface area contributed by atoms with Crippen molar-refractivity contribution in [3.63, 3.8) is 0 Å². The van der Waals surface area contributed by atoms with Gasteiger partial charge in [0.1, 0.15) is 6.10 Å². The molecule has 2 rings (SSSR count). The summed E-state index contributed by atoms with van der Waals surface area (Å²) in [5.41, 5.74) is 1.29.